The van der Waals surface area contributed by atoms with E-state index >= 15 is 0 Å². The molecule has 0 saturated carbocycles. The maximum Gasteiger partial charge on any atom is 0.123 e. The summed E-state index contributed by atoms with van der Waals surface area (Å²) in [6, 6.07) is 10.0. The van der Waals surface area contributed by atoms with Crippen molar-refractivity contribution in [1.29, 1.82) is 0 Å². The van der Waals surface area contributed by atoms with E-state index in [2.05, 4.69) is 22.0 Å². The van der Waals surface area contributed by atoms with Gasteiger partial charge in [-0.3, -0.25) is 0 Å². The fourth-order valence-corrected chi connectivity index (χ4v) is 3.71. The summed E-state index contributed by atoms with van der Waals surface area (Å²) in [6.07, 6.45) is 1.39. The van der Waals surface area contributed by atoms with Crippen molar-refractivity contribution in [2.24, 2.45) is 0 Å². The summed E-state index contributed by atoms with van der Waals surface area (Å²) in [5.41, 5.74) is 2.19. The van der Waals surface area contributed by atoms with Gasteiger partial charge in [0.15, 0.2) is 0 Å². The number of aliphatic hydroxyl groups excluding tert-OH is 1. The summed E-state index contributed by atoms with van der Waals surface area (Å²) >= 11 is 5.13. The van der Waals surface area contributed by atoms with Crippen molar-refractivity contribution in [2.45, 2.75) is 25.6 Å². The molecule has 2 nitrogen and oxygen atoms in total. The average Bonchev–Trinajstić information content (AvgIpc) is 2.94. The standard InChI is InChI=1S/C14H13BrO2S/c15-14-7-4-9(18-14)8-17-13-3-1-2-10-11(13)5-6-12(10)16/h1-4,7,12,16H,5-6,8H2. The molecule has 1 unspecified atom stereocenters. The van der Waals surface area contributed by atoms with E-state index < -0.39 is 0 Å². The molecule has 0 aliphatic heterocycles. The summed E-state index contributed by atoms with van der Waals surface area (Å²) in [5, 5.41) is 9.83. The summed E-state index contributed by atoms with van der Waals surface area (Å²) in [6.45, 7) is 0.586. The summed E-state index contributed by atoms with van der Waals surface area (Å²) in [7, 11) is 0. The van der Waals surface area contributed by atoms with E-state index in [1.54, 1.807) is 11.3 Å². The SMILES string of the molecule is OC1CCc2c(OCc3ccc(Br)s3)cccc21. The van der Waals surface area contributed by atoms with Gasteiger partial charge in [0.05, 0.1) is 9.89 Å². The maximum absolute atomic E-state index is 9.83. The predicted octanol–water partition coefficient (Wildman–Crippen LogP) is 4.07. The first kappa shape index (κ1) is 12.2. The van der Waals surface area contributed by atoms with Crippen LogP contribution in [-0.4, -0.2) is 5.11 Å². The topological polar surface area (TPSA) is 29.5 Å². The summed E-state index contributed by atoms with van der Waals surface area (Å²) in [5.74, 6) is 0.911. The van der Waals surface area contributed by atoms with Crippen LogP contribution in [0.1, 0.15) is 28.5 Å². The number of halogens is 1. The van der Waals surface area contributed by atoms with Gasteiger partial charge in [0.1, 0.15) is 12.4 Å². The van der Waals surface area contributed by atoms with Crippen LogP contribution in [0.15, 0.2) is 34.1 Å². The Hall–Kier alpha value is -0.840. The highest BCUT2D eigenvalue weighted by Gasteiger charge is 2.23. The number of thiophene rings is 1. The first-order valence-electron chi connectivity index (χ1n) is 5.91. The number of rotatable bonds is 3. The van der Waals surface area contributed by atoms with Gasteiger partial charge in [-0.1, -0.05) is 12.1 Å². The number of hydrogen-bond acceptors (Lipinski definition) is 3. The van der Waals surface area contributed by atoms with Crippen LogP contribution in [0.3, 0.4) is 0 Å². The molecule has 1 aromatic carbocycles. The largest absolute Gasteiger partial charge is 0.488 e. The van der Waals surface area contributed by atoms with Gasteiger partial charge in [0.2, 0.25) is 0 Å². The molecule has 3 rings (SSSR count). The van der Waals surface area contributed by atoms with Crippen LogP contribution in [0.25, 0.3) is 0 Å². The molecular weight excluding hydrogens is 312 g/mol. The molecule has 1 N–H and O–H groups in total. The smallest absolute Gasteiger partial charge is 0.123 e. The zero-order valence-corrected chi connectivity index (χ0v) is 12.1. The lowest BCUT2D eigenvalue weighted by atomic mass is 10.1. The molecular formula is C14H13BrO2S. The van der Waals surface area contributed by atoms with Gasteiger partial charge in [0, 0.05) is 10.4 Å². The van der Waals surface area contributed by atoms with E-state index in [4.69, 9.17) is 4.74 Å². The Morgan fingerprint density at radius 2 is 2.22 bits per heavy atom. The van der Waals surface area contributed by atoms with Crippen molar-refractivity contribution in [1.82, 2.24) is 0 Å². The lowest BCUT2D eigenvalue weighted by Crippen LogP contribution is -1.97. The number of hydrogen-bond donors (Lipinski definition) is 1. The third kappa shape index (κ3) is 2.32. The Morgan fingerprint density at radius 3 is 3.00 bits per heavy atom. The van der Waals surface area contributed by atoms with Gasteiger partial charge in [-0.15, -0.1) is 11.3 Å². The normalized spacial score (nSPS) is 17.8. The van der Waals surface area contributed by atoms with E-state index in [1.807, 2.05) is 24.3 Å². The Kier molecular flexibility index (Phi) is 3.41. The van der Waals surface area contributed by atoms with Gasteiger partial charge >= 0.3 is 0 Å². The molecule has 18 heavy (non-hydrogen) atoms. The van der Waals surface area contributed by atoms with Crippen LogP contribution < -0.4 is 4.74 Å². The predicted molar refractivity (Wildman–Crippen MR) is 76.1 cm³/mol. The van der Waals surface area contributed by atoms with Crippen molar-refractivity contribution in [2.75, 3.05) is 0 Å². The van der Waals surface area contributed by atoms with Gasteiger partial charge in [-0.05, 0) is 52.5 Å². The van der Waals surface area contributed by atoms with Crippen LogP contribution in [0.2, 0.25) is 0 Å². The Labute approximate surface area is 118 Å². The van der Waals surface area contributed by atoms with Crippen molar-refractivity contribution in [3.05, 3.63) is 50.1 Å². The van der Waals surface area contributed by atoms with Gasteiger partial charge in [-0.25, -0.2) is 0 Å². The van der Waals surface area contributed by atoms with E-state index in [-0.39, 0.29) is 6.10 Å². The Morgan fingerprint density at radius 1 is 1.33 bits per heavy atom. The molecule has 1 atom stereocenters. The molecule has 0 bridgehead atoms. The van der Waals surface area contributed by atoms with E-state index in [9.17, 15) is 5.11 Å². The van der Waals surface area contributed by atoms with Crippen molar-refractivity contribution in [3.63, 3.8) is 0 Å². The molecule has 0 saturated heterocycles. The number of ether oxygens (including phenoxy) is 1. The molecule has 0 radical (unpaired) electrons. The van der Waals surface area contributed by atoms with Crippen LogP contribution in [-0.2, 0) is 13.0 Å². The second-order valence-electron chi connectivity index (χ2n) is 4.37. The van der Waals surface area contributed by atoms with E-state index in [1.165, 1.54) is 10.4 Å². The van der Waals surface area contributed by atoms with Crippen molar-refractivity contribution >= 4 is 27.3 Å². The van der Waals surface area contributed by atoms with Gasteiger partial charge in [-0.2, -0.15) is 0 Å². The zero-order valence-electron chi connectivity index (χ0n) is 9.73. The summed E-state index contributed by atoms with van der Waals surface area (Å²) < 4.78 is 7.00. The second kappa shape index (κ2) is 5.03. The molecule has 94 valence electrons. The molecule has 1 heterocycles. The highest BCUT2D eigenvalue weighted by molar-refractivity contribution is 9.11. The third-order valence-corrected chi connectivity index (χ3v) is 4.79. The average molecular weight is 325 g/mol. The highest BCUT2D eigenvalue weighted by atomic mass is 79.9. The van der Waals surface area contributed by atoms with Crippen LogP contribution in [0.4, 0.5) is 0 Å². The van der Waals surface area contributed by atoms with Crippen LogP contribution in [0, 0.1) is 0 Å². The quantitative estimate of drug-likeness (QED) is 0.922. The first-order chi connectivity index (χ1) is 8.74. The molecule has 1 aliphatic rings. The molecule has 2 aromatic rings. The number of benzene rings is 1. The lowest BCUT2D eigenvalue weighted by Gasteiger charge is -2.10. The van der Waals surface area contributed by atoms with E-state index in [0.29, 0.717) is 6.61 Å². The maximum atomic E-state index is 9.83. The molecule has 0 fully saturated rings. The third-order valence-electron chi connectivity index (χ3n) is 3.19. The highest BCUT2D eigenvalue weighted by Crippen LogP contribution is 2.37. The van der Waals surface area contributed by atoms with Crippen LogP contribution >= 0.6 is 27.3 Å². The van der Waals surface area contributed by atoms with E-state index in [0.717, 1.165) is 27.9 Å². The summed E-state index contributed by atoms with van der Waals surface area (Å²) in [4.78, 5) is 1.19. The van der Waals surface area contributed by atoms with Crippen molar-refractivity contribution < 1.29 is 9.84 Å². The molecule has 0 amide bonds. The number of aliphatic hydroxyl groups is 1. The minimum Gasteiger partial charge on any atom is -0.488 e. The fraction of sp³-hybridized carbons (Fsp3) is 0.286. The zero-order chi connectivity index (χ0) is 12.5. The Bertz CT molecular complexity index is 565. The fourth-order valence-electron chi connectivity index (χ4n) is 2.31. The molecule has 0 spiro atoms. The second-order valence-corrected chi connectivity index (χ2v) is 6.92. The number of fused-ring (bicyclic) bond motifs is 1. The van der Waals surface area contributed by atoms with Crippen molar-refractivity contribution in [3.8, 4) is 5.75 Å². The minimum atomic E-state index is -0.320. The monoisotopic (exact) mass is 324 g/mol. The van der Waals surface area contributed by atoms with Gasteiger partial charge < -0.3 is 9.84 Å². The molecule has 1 aliphatic carbocycles. The van der Waals surface area contributed by atoms with Crippen LogP contribution in [0.5, 0.6) is 5.75 Å². The Balaban J connectivity index is 1.78. The molecule has 1 aromatic heterocycles. The first-order valence-corrected chi connectivity index (χ1v) is 7.52. The van der Waals surface area contributed by atoms with Gasteiger partial charge in [0.25, 0.3) is 0 Å². The molecule has 4 heteroatoms. The minimum absolute atomic E-state index is 0.320. The lowest BCUT2D eigenvalue weighted by molar-refractivity contribution is 0.180.